The molecule has 0 unspecified atom stereocenters. The highest BCUT2D eigenvalue weighted by Gasteiger charge is 2.07. The van der Waals surface area contributed by atoms with E-state index >= 15 is 0 Å². The van der Waals surface area contributed by atoms with Crippen LogP contribution in [-0.4, -0.2) is 37.5 Å². The molecule has 0 spiro atoms. The molecule has 0 heterocycles. The van der Waals surface area contributed by atoms with E-state index in [-0.39, 0.29) is 24.7 Å². The molecule has 0 saturated carbocycles. The van der Waals surface area contributed by atoms with Crippen LogP contribution in [0.2, 0.25) is 0 Å². The van der Waals surface area contributed by atoms with Gasteiger partial charge in [0.05, 0.1) is 25.6 Å². The number of halogens is 2. The van der Waals surface area contributed by atoms with Gasteiger partial charge < -0.3 is 9.47 Å². The maximum Gasteiger partial charge on any atom is 0.240 e. The molecule has 200 valence electrons. The Morgan fingerprint density at radius 2 is 1.19 bits per heavy atom. The highest BCUT2D eigenvalue weighted by Crippen LogP contribution is 2.23. The molecule has 37 heavy (non-hydrogen) atoms. The van der Waals surface area contributed by atoms with Gasteiger partial charge in [0.15, 0.2) is 0 Å². The van der Waals surface area contributed by atoms with Crippen molar-refractivity contribution in [2.75, 3.05) is 13.2 Å². The molecule has 8 nitrogen and oxygen atoms in total. The average molecular weight is 638 g/mol. The third-order valence-electron chi connectivity index (χ3n) is 5.05. The third kappa shape index (κ3) is 12.4. The lowest BCUT2D eigenvalue weighted by Gasteiger charge is -2.09. The fraction of sp³-hybridized carbons (Fsp3) is 0.407. The zero-order valence-corrected chi connectivity index (χ0v) is 24.4. The number of hydrogen-bond donors (Lipinski definition) is 2. The monoisotopic (exact) mass is 636 g/mol. The fourth-order valence-electron chi connectivity index (χ4n) is 3.03. The lowest BCUT2D eigenvalue weighted by atomic mass is 10.2. The molecule has 0 atom stereocenters. The van der Waals surface area contributed by atoms with E-state index in [2.05, 4.69) is 66.8 Å². The standard InChI is InChI=1S/C27H34Br2N4O4/c1-3-5-14-36-24-12-10-22(28)16-20(24)18-30-32-26(34)8-7-9-27(35)33-31-19-21-17-23(29)11-13-25(21)37-15-6-4-2/h10-13,16-19H,3-9,14-15H2,1-2H3,(H,32,34)(H,33,35). The van der Waals surface area contributed by atoms with E-state index in [1.54, 1.807) is 12.4 Å². The number of hydrazone groups is 2. The summed E-state index contributed by atoms with van der Waals surface area (Å²) in [6.45, 7) is 5.44. The maximum atomic E-state index is 12.1. The van der Waals surface area contributed by atoms with Gasteiger partial charge in [-0.3, -0.25) is 9.59 Å². The predicted molar refractivity (Wildman–Crippen MR) is 154 cm³/mol. The number of nitrogens with one attached hydrogen (secondary N) is 2. The average Bonchev–Trinajstić information content (AvgIpc) is 2.87. The minimum Gasteiger partial charge on any atom is -0.493 e. The van der Waals surface area contributed by atoms with E-state index in [0.29, 0.717) is 31.1 Å². The van der Waals surface area contributed by atoms with Crippen LogP contribution >= 0.6 is 31.9 Å². The van der Waals surface area contributed by atoms with E-state index in [9.17, 15) is 9.59 Å². The molecule has 0 radical (unpaired) electrons. The summed E-state index contributed by atoms with van der Waals surface area (Å²) in [4.78, 5) is 24.2. The molecule has 2 N–H and O–H groups in total. The lowest BCUT2D eigenvalue weighted by Crippen LogP contribution is -2.20. The number of nitrogens with zero attached hydrogens (tertiary/aromatic N) is 2. The van der Waals surface area contributed by atoms with Crippen molar-refractivity contribution in [2.24, 2.45) is 10.2 Å². The number of carbonyl (C=O) groups is 2. The number of hydrogen-bond acceptors (Lipinski definition) is 6. The van der Waals surface area contributed by atoms with Gasteiger partial charge >= 0.3 is 0 Å². The summed E-state index contributed by atoms with van der Waals surface area (Å²) in [7, 11) is 0. The molecular formula is C27H34Br2N4O4. The van der Waals surface area contributed by atoms with E-state index in [0.717, 1.165) is 45.8 Å². The molecule has 2 aromatic carbocycles. The van der Waals surface area contributed by atoms with Crippen molar-refractivity contribution < 1.29 is 19.1 Å². The first-order valence-electron chi connectivity index (χ1n) is 12.4. The molecule has 0 aliphatic heterocycles. The molecule has 2 rings (SSSR count). The molecule has 0 bridgehead atoms. The molecule has 0 saturated heterocycles. The van der Waals surface area contributed by atoms with Crippen LogP contribution in [0.4, 0.5) is 0 Å². The van der Waals surface area contributed by atoms with Gasteiger partial charge in [0.2, 0.25) is 11.8 Å². The quantitative estimate of drug-likeness (QED) is 0.127. The summed E-state index contributed by atoms with van der Waals surface area (Å²) >= 11 is 6.87. The van der Waals surface area contributed by atoms with Crippen molar-refractivity contribution in [3.63, 3.8) is 0 Å². The molecule has 0 aliphatic rings. The Bertz CT molecular complexity index is 993. The number of amides is 2. The first-order valence-corrected chi connectivity index (χ1v) is 14.0. The van der Waals surface area contributed by atoms with Gasteiger partial charge in [-0.15, -0.1) is 0 Å². The van der Waals surface area contributed by atoms with Gasteiger partial charge in [-0.25, -0.2) is 10.9 Å². The Hall–Kier alpha value is -2.72. The van der Waals surface area contributed by atoms with E-state index in [4.69, 9.17) is 9.47 Å². The van der Waals surface area contributed by atoms with E-state index < -0.39 is 0 Å². The highest BCUT2D eigenvalue weighted by atomic mass is 79.9. The van der Waals surface area contributed by atoms with Gasteiger partial charge in [0.1, 0.15) is 11.5 Å². The Balaban J connectivity index is 1.75. The Morgan fingerprint density at radius 1 is 0.757 bits per heavy atom. The Morgan fingerprint density at radius 3 is 1.59 bits per heavy atom. The Labute approximate surface area is 235 Å². The predicted octanol–water partition coefficient (Wildman–Crippen LogP) is 6.34. The maximum absolute atomic E-state index is 12.1. The molecule has 0 aliphatic carbocycles. The SMILES string of the molecule is CCCCOc1ccc(Br)cc1C=NNC(=O)CCCC(=O)NN=Cc1cc(Br)ccc1OCCCC. The van der Waals surface area contributed by atoms with Crippen LogP contribution in [0.25, 0.3) is 0 Å². The van der Waals surface area contributed by atoms with Crippen LogP contribution in [0.15, 0.2) is 55.5 Å². The minimum absolute atomic E-state index is 0.161. The van der Waals surface area contributed by atoms with Crippen molar-refractivity contribution >= 4 is 56.1 Å². The van der Waals surface area contributed by atoms with Gasteiger partial charge in [-0.05, 0) is 55.7 Å². The van der Waals surface area contributed by atoms with Crippen LogP contribution in [0, 0.1) is 0 Å². The number of carbonyl (C=O) groups excluding carboxylic acids is 2. The van der Waals surface area contributed by atoms with Gasteiger partial charge in [-0.2, -0.15) is 10.2 Å². The number of ether oxygens (including phenoxy) is 2. The zero-order valence-electron chi connectivity index (χ0n) is 21.3. The summed E-state index contributed by atoms with van der Waals surface area (Å²) in [6, 6.07) is 11.3. The summed E-state index contributed by atoms with van der Waals surface area (Å²) < 4.78 is 13.3. The molecule has 10 heteroatoms. The van der Waals surface area contributed by atoms with Crippen molar-refractivity contribution in [3.8, 4) is 11.5 Å². The summed E-state index contributed by atoms with van der Waals surface area (Å²) in [6.07, 6.45) is 7.79. The fourth-order valence-corrected chi connectivity index (χ4v) is 3.78. The van der Waals surface area contributed by atoms with Gasteiger partial charge in [-0.1, -0.05) is 58.5 Å². The van der Waals surface area contributed by atoms with Crippen LogP contribution in [0.5, 0.6) is 11.5 Å². The second kappa shape index (κ2) is 17.7. The Kier molecular flexibility index (Phi) is 14.6. The van der Waals surface area contributed by atoms with Crippen molar-refractivity contribution in [2.45, 2.75) is 58.8 Å². The summed E-state index contributed by atoms with van der Waals surface area (Å²) in [5, 5.41) is 8.06. The molecule has 2 amide bonds. The molecule has 2 aromatic rings. The molecule has 0 aromatic heterocycles. The summed E-state index contributed by atoms with van der Waals surface area (Å²) in [5.74, 6) is 0.849. The van der Waals surface area contributed by atoms with E-state index in [1.165, 1.54) is 0 Å². The normalized spacial score (nSPS) is 11.1. The first-order chi connectivity index (χ1) is 17.9. The third-order valence-corrected chi connectivity index (χ3v) is 6.03. The van der Waals surface area contributed by atoms with Gasteiger partial charge in [0, 0.05) is 32.9 Å². The van der Waals surface area contributed by atoms with Crippen LogP contribution < -0.4 is 20.3 Å². The lowest BCUT2D eigenvalue weighted by molar-refractivity contribution is -0.122. The van der Waals surface area contributed by atoms with Crippen molar-refractivity contribution in [3.05, 3.63) is 56.5 Å². The molecular weight excluding hydrogens is 604 g/mol. The van der Waals surface area contributed by atoms with Crippen LogP contribution in [0.1, 0.15) is 69.9 Å². The number of rotatable bonds is 16. The van der Waals surface area contributed by atoms with Crippen LogP contribution in [-0.2, 0) is 9.59 Å². The molecule has 0 fully saturated rings. The number of unbranched alkanes of at least 4 members (excludes halogenated alkanes) is 2. The first kappa shape index (κ1) is 30.5. The highest BCUT2D eigenvalue weighted by molar-refractivity contribution is 9.10. The topological polar surface area (TPSA) is 101 Å². The minimum atomic E-state index is -0.279. The second-order valence-electron chi connectivity index (χ2n) is 8.21. The van der Waals surface area contributed by atoms with Gasteiger partial charge in [0.25, 0.3) is 0 Å². The number of benzene rings is 2. The zero-order chi connectivity index (χ0) is 26.9. The second-order valence-corrected chi connectivity index (χ2v) is 10.0. The van der Waals surface area contributed by atoms with Crippen molar-refractivity contribution in [1.82, 2.24) is 10.9 Å². The van der Waals surface area contributed by atoms with Crippen LogP contribution in [0.3, 0.4) is 0 Å². The summed E-state index contributed by atoms with van der Waals surface area (Å²) in [5.41, 5.74) is 6.51. The smallest absolute Gasteiger partial charge is 0.240 e. The largest absolute Gasteiger partial charge is 0.493 e. The van der Waals surface area contributed by atoms with Crippen molar-refractivity contribution in [1.29, 1.82) is 0 Å². The van der Waals surface area contributed by atoms with E-state index in [1.807, 2.05) is 36.4 Å².